The molecule has 0 aliphatic carbocycles. The summed E-state index contributed by atoms with van der Waals surface area (Å²) in [6.45, 7) is 3.79. The van der Waals surface area contributed by atoms with E-state index < -0.39 is 0 Å². The van der Waals surface area contributed by atoms with E-state index >= 15 is 0 Å². The Kier molecular flexibility index (Phi) is 2.85. The topological polar surface area (TPSA) is 49.9 Å². The standard InChI is InChI=1S/C8H13N3OS2/c1-8(3-2-4-12-8)5-9-6-10-11-7(13)14-6/h2-5H2,1H3,(H,9,10)(H,11,13). The van der Waals surface area contributed by atoms with Gasteiger partial charge in [-0.2, -0.15) is 0 Å². The third-order valence-electron chi connectivity index (χ3n) is 2.35. The molecule has 14 heavy (non-hydrogen) atoms. The molecule has 0 radical (unpaired) electrons. The van der Waals surface area contributed by atoms with Crippen LogP contribution < -0.4 is 5.32 Å². The number of nitrogens with one attached hydrogen (secondary N) is 2. The van der Waals surface area contributed by atoms with Crippen LogP contribution in [0.25, 0.3) is 0 Å². The number of nitrogens with zero attached hydrogens (tertiary/aromatic N) is 1. The highest BCUT2D eigenvalue weighted by molar-refractivity contribution is 7.73. The van der Waals surface area contributed by atoms with Crippen LogP contribution in [0.1, 0.15) is 19.8 Å². The Morgan fingerprint density at radius 3 is 3.21 bits per heavy atom. The van der Waals surface area contributed by atoms with Crippen LogP contribution in [0.5, 0.6) is 0 Å². The van der Waals surface area contributed by atoms with E-state index in [0.29, 0.717) is 3.95 Å². The number of ether oxygens (including phenoxy) is 1. The van der Waals surface area contributed by atoms with Gasteiger partial charge in [0.2, 0.25) is 5.13 Å². The Hall–Kier alpha value is -0.460. The third kappa shape index (κ3) is 2.31. The molecular formula is C8H13N3OS2. The second kappa shape index (κ2) is 3.96. The first-order valence-electron chi connectivity index (χ1n) is 4.61. The van der Waals surface area contributed by atoms with Crippen LogP contribution in [0.4, 0.5) is 5.13 Å². The molecule has 1 atom stereocenters. The number of aromatic amines is 1. The summed E-state index contributed by atoms with van der Waals surface area (Å²) in [6.07, 6.45) is 2.25. The number of hydrogen-bond donors (Lipinski definition) is 2. The molecule has 1 aromatic rings. The summed E-state index contributed by atoms with van der Waals surface area (Å²) < 4.78 is 6.35. The van der Waals surface area contributed by atoms with E-state index in [1.54, 1.807) is 0 Å². The van der Waals surface area contributed by atoms with E-state index in [9.17, 15) is 0 Å². The molecule has 6 heteroatoms. The number of anilines is 1. The highest BCUT2D eigenvalue weighted by Gasteiger charge is 2.29. The van der Waals surface area contributed by atoms with Gasteiger partial charge in [0, 0.05) is 13.2 Å². The minimum absolute atomic E-state index is 0.0344. The summed E-state index contributed by atoms with van der Waals surface area (Å²) in [5, 5.41) is 10.8. The lowest BCUT2D eigenvalue weighted by atomic mass is 10.0. The Morgan fingerprint density at radius 2 is 2.64 bits per heavy atom. The Bertz CT molecular complexity index is 353. The van der Waals surface area contributed by atoms with Crippen molar-refractivity contribution in [1.82, 2.24) is 10.2 Å². The van der Waals surface area contributed by atoms with Crippen molar-refractivity contribution in [1.29, 1.82) is 0 Å². The van der Waals surface area contributed by atoms with Gasteiger partial charge in [-0.1, -0.05) is 11.3 Å². The van der Waals surface area contributed by atoms with E-state index in [1.807, 2.05) is 0 Å². The average molecular weight is 231 g/mol. The zero-order valence-corrected chi connectivity index (χ0v) is 9.63. The first kappa shape index (κ1) is 10.1. The molecule has 1 saturated heterocycles. The molecule has 1 aromatic heterocycles. The summed E-state index contributed by atoms with van der Waals surface area (Å²) in [5.74, 6) is 0. The van der Waals surface area contributed by atoms with Crippen molar-refractivity contribution in [2.75, 3.05) is 18.5 Å². The predicted molar refractivity (Wildman–Crippen MR) is 59.4 cm³/mol. The maximum atomic E-state index is 5.65. The molecule has 2 N–H and O–H groups in total. The smallest absolute Gasteiger partial charge is 0.204 e. The lowest BCUT2D eigenvalue weighted by Crippen LogP contribution is -2.32. The van der Waals surface area contributed by atoms with Gasteiger partial charge in [-0.25, -0.2) is 0 Å². The SMILES string of the molecule is CC1(CNc2n[nH]c(=S)s2)CCCO1. The van der Waals surface area contributed by atoms with Gasteiger partial charge < -0.3 is 10.1 Å². The van der Waals surface area contributed by atoms with Gasteiger partial charge in [0.05, 0.1) is 5.60 Å². The van der Waals surface area contributed by atoms with Gasteiger partial charge in [0.15, 0.2) is 3.95 Å². The molecule has 1 fully saturated rings. The minimum atomic E-state index is -0.0344. The maximum absolute atomic E-state index is 5.65. The minimum Gasteiger partial charge on any atom is -0.373 e. The normalized spacial score (nSPS) is 26.6. The van der Waals surface area contributed by atoms with Gasteiger partial charge in [0.25, 0.3) is 0 Å². The third-order valence-corrected chi connectivity index (χ3v) is 3.40. The van der Waals surface area contributed by atoms with Crippen molar-refractivity contribution in [3.63, 3.8) is 0 Å². The molecule has 0 saturated carbocycles. The molecule has 1 unspecified atom stereocenters. The second-order valence-electron chi connectivity index (χ2n) is 3.67. The lowest BCUT2D eigenvalue weighted by molar-refractivity contribution is 0.0315. The van der Waals surface area contributed by atoms with Crippen LogP contribution in [-0.2, 0) is 4.74 Å². The van der Waals surface area contributed by atoms with Gasteiger partial charge in [-0.3, -0.25) is 5.10 Å². The number of hydrogen-bond acceptors (Lipinski definition) is 5. The number of H-pyrrole nitrogens is 1. The second-order valence-corrected chi connectivity index (χ2v) is 5.34. The summed E-state index contributed by atoms with van der Waals surface area (Å²) in [6, 6.07) is 0. The summed E-state index contributed by atoms with van der Waals surface area (Å²) in [5.41, 5.74) is -0.0344. The summed E-state index contributed by atoms with van der Waals surface area (Å²) in [4.78, 5) is 0. The monoisotopic (exact) mass is 231 g/mol. The molecule has 2 rings (SSSR count). The summed E-state index contributed by atoms with van der Waals surface area (Å²) >= 11 is 6.39. The van der Waals surface area contributed by atoms with Crippen molar-refractivity contribution in [2.45, 2.75) is 25.4 Å². The van der Waals surface area contributed by atoms with Crippen molar-refractivity contribution in [3.05, 3.63) is 3.95 Å². The maximum Gasteiger partial charge on any atom is 0.204 e. The molecule has 2 heterocycles. The molecule has 4 nitrogen and oxygen atoms in total. The fourth-order valence-corrected chi connectivity index (χ4v) is 2.33. The van der Waals surface area contributed by atoms with Crippen LogP contribution in [0.3, 0.4) is 0 Å². The van der Waals surface area contributed by atoms with Crippen molar-refractivity contribution in [3.8, 4) is 0 Å². The molecular weight excluding hydrogens is 218 g/mol. The zero-order valence-electron chi connectivity index (χ0n) is 8.00. The van der Waals surface area contributed by atoms with Crippen molar-refractivity contribution in [2.24, 2.45) is 0 Å². The molecule has 0 spiro atoms. The summed E-state index contributed by atoms with van der Waals surface area (Å²) in [7, 11) is 0. The number of aromatic nitrogens is 2. The fourth-order valence-electron chi connectivity index (χ4n) is 1.54. The average Bonchev–Trinajstić information content (AvgIpc) is 2.73. The van der Waals surface area contributed by atoms with Crippen LogP contribution in [0, 0.1) is 3.95 Å². The largest absolute Gasteiger partial charge is 0.373 e. The van der Waals surface area contributed by atoms with Crippen molar-refractivity contribution < 1.29 is 4.74 Å². The predicted octanol–water partition coefficient (Wildman–Crippen LogP) is 2.18. The first-order chi connectivity index (χ1) is 6.68. The Balaban J connectivity index is 1.90. The van der Waals surface area contributed by atoms with Gasteiger partial charge in [0.1, 0.15) is 0 Å². The fraction of sp³-hybridized carbons (Fsp3) is 0.750. The first-order valence-corrected chi connectivity index (χ1v) is 5.84. The van der Waals surface area contributed by atoms with Crippen LogP contribution in [-0.4, -0.2) is 29.0 Å². The quantitative estimate of drug-likeness (QED) is 0.783. The van der Waals surface area contributed by atoms with E-state index in [-0.39, 0.29) is 5.60 Å². The Morgan fingerprint density at radius 1 is 1.79 bits per heavy atom. The van der Waals surface area contributed by atoms with Crippen LogP contribution >= 0.6 is 23.6 Å². The molecule has 78 valence electrons. The molecule has 0 amide bonds. The van der Waals surface area contributed by atoms with Gasteiger partial charge in [-0.05, 0) is 32.0 Å². The van der Waals surface area contributed by atoms with Crippen LogP contribution in [0.15, 0.2) is 0 Å². The van der Waals surface area contributed by atoms with E-state index in [1.165, 1.54) is 11.3 Å². The highest BCUT2D eigenvalue weighted by atomic mass is 32.1. The van der Waals surface area contributed by atoms with Gasteiger partial charge >= 0.3 is 0 Å². The lowest BCUT2D eigenvalue weighted by Gasteiger charge is -2.22. The Labute approximate surface area is 91.7 Å². The van der Waals surface area contributed by atoms with E-state index in [0.717, 1.165) is 31.1 Å². The zero-order chi connectivity index (χ0) is 10.0. The van der Waals surface area contributed by atoms with Crippen molar-refractivity contribution >= 4 is 28.7 Å². The highest BCUT2D eigenvalue weighted by Crippen LogP contribution is 2.25. The molecule has 1 aliphatic rings. The van der Waals surface area contributed by atoms with E-state index in [2.05, 4.69) is 22.4 Å². The molecule has 1 aliphatic heterocycles. The molecule has 0 aromatic carbocycles. The van der Waals surface area contributed by atoms with Crippen LogP contribution in [0.2, 0.25) is 0 Å². The number of rotatable bonds is 3. The van der Waals surface area contributed by atoms with Gasteiger partial charge in [-0.15, -0.1) is 5.10 Å². The molecule has 0 bridgehead atoms. The van der Waals surface area contributed by atoms with E-state index in [4.69, 9.17) is 17.0 Å².